The Balaban J connectivity index is 2.25. The average molecular weight is 279 g/mol. The Kier molecular flexibility index (Phi) is 3.48. The van der Waals surface area contributed by atoms with Crippen molar-refractivity contribution in [3.63, 3.8) is 0 Å². The number of rotatable bonds is 4. The minimum absolute atomic E-state index is 0.0359. The quantitative estimate of drug-likeness (QED) is 0.683. The van der Waals surface area contributed by atoms with E-state index in [4.69, 9.17) is 9.84 Å². The number of carbonyl (C=O) groups is 1. The first kappa shape index (κ1) is 13.0. The lowest BCUT2D eigenvalue weighted by Gasteiger charge is -2.04. The van der Waals surface area contributed by atoms with Gasteiger partial charge < -0.3 is 9.84 Å². The number of nitro groups is 1. The smallest absolute Gasteiger partial charge is 0.346 e. The van der Waals surface area contributed by atoms with E-state index in [1.165, 1.54) is 17.5 Å². The summed E-state index contributed by atoms with van der Waals surface area (Å²) in [7, 11) is 0. The van der Waals surface area contributed by atoms with Gasteiger partial charge in [0.1, 0.15) is 16.4 Å². The van der Waals surface area contributed by atoms with E-state index in [-0.39, 0.29) is 10.6 Å². The van der Waals surface area contributed by atoms with Crippen LogP contribution in [0.25, 0.3) is 0 Å². The van der Waals surface area contributed by atoms with Crippen LogP contribution in [0.2, 0.25) is 0 Å². The molecular weight excluding hydrogens is 270 g/mol. The monoisotopic (exact) mass is 279 g/mol. The Bertz CT molecular complexity index is 649. The lowest BCUT2D eigenvalue weighted by molar-refractivity contribution is -0.385. The van der Waals surface area contributed by atoms with Gasteiger partial charge in [-0.15, -0.1) is 11.3 Å². The predicted octanol–water partition coefficient (Wildman–Crippen LogP) is 3.46. The van der Waals surface area contributed by atoms with Crippen LogP contribution in [0.15, 0.2) is 29.6 Å². The zero-order valence-corrected chi connectivity index (χ0v) is 10.6. The molecule has 0 unspecified atom stereocenters. The molecule has 2 rings (SSSR count). The normalized spacial score (nSPS) is 10.2. The van der Waals surface area contributed by atoms with Crippen LogP contribution in [0, 0.1) is 17.0 Å². The topological polar surface area (TPSA) is 89.7 Å². The van der Waals surface area contributed by atoms with Gasteiger partial charge in [0.05, 0.1) is 11.0 Å². The maximum absolute atomic E-state index is 10.8. The number of benzene rings is 1. The summed E-state index contributed by atoms with van der Waals surface area (Å²) in [4.78, 5) is 21.2. The molecule has 0 aliphatic carbocycles. The number of nitrogens with zero attached hydrogens (tertiary/aromatic N) is 1. The van der Waals surface area contributed by atoms with Gasteiger partial charge in [-0.05, 0) is 19.1 Å². The summed E-state index contributed by atoms with van der Waals surface area (Å²) in [5, 5.41) is 21.1. The molecule has 0 radical (unpaired) electrons. The number of ether oxygens (including phenoxy) is 1. The third-order valence-electron chi connectivity index (χ3n) is 2.40. The van der Waals surface area contributed by atoms with E-state index >= 15 is 0 Å². The first-order chi connectivity index (χ1) is 8.97. The van der Waals surface area contributed by atoms with Crippen LogP contribution < -0.4 is 4.74 Å². The fourth-order valence-electron chi connectivity index (χ4n) is 1.47. The van der Waals surface area contributed by atoms with Crippen LogP contribution in [-0.4, -0.2) is 16.0 Å². The number of aromatic carboxylic acids is 1. The summed E-state index contributed by atoms with van der Waals surface area (Å²) in [6.45, 7) is 1.63. The molecule has 1 aromatic carbocycles. The van der Waals surface area contributed by atoms with E-state index in [2.05, 4.69) is 0 Å². The highest BCUT2D eigenvalue weighted by molar-refractivity contribution is 7.12. The maximum atomic E-state index is 10.8. The highest BCUT2D eigenvalue weighted by Crippen LogP contribution is 2.30. The summed E-state index contributed by atoms with van der Waals surface area (Å²) >= 11 is 1.03. The Morgan fingerprint density at radius 2 is 2.11 bits per heavy atom. The molecule has 19 heavy (non-hydrogen) atoms. The minimum Gasteiger partial charge on any atom is -0.477 e. The molecule has 98 valence electrons. The second-order valence-electron chi connectivity index (χ2n) is 3.76. The van der Waals surface area contributed by atoms with Gasteiger partial charge in [0, 0.05) is 17.0 Å². The first-order valence-corrected chi connectivity index (χ1v) is 6.10. The van der Waals surface area contributed by atoms with Crippen molar-refractivity contribution >= 4 is 23.0 Å². The van der Waals surface area contributed by atoms with Crippen molar-refractivity contribution in [1.29, 1.82) is 0 Å². The van der Waals surface area contributed by atoms with E-state index in [0.717, 1.165) is 11.3 Å². The standard InChI is InChI=1S/C12H9NO5S/c1-7-2-3-8(4-10(7)13(16)17)18-9-5-11(12(14)15)19-6-9/h2-6H,1H3,(H,14,15). The molecule has 0 amide bonds. The van der Waals surface area contributed by atoms with Crippen molar-refractivity contribution in [3.8, 4) is 11.5 Å². The SMILES string of the molecule is Cc1ccc(Oc2csc(C(=O)O)c2)cc1[N+](=O)[O-]. The van der Waals surface area contributed by atoms with Gasteiger partial charge in [-0.25, -0.2) is 4.79 Å². The van der Waals surface area contributed by atoms with Crippen molar-refractivity contribution < 1.29 is 19.6 Å². The number of carboxylic acid groups (broad SMARTS) is 1. The lowest BCUT2D eigenvalue weighted by Crippen LogP contribution is -1.93. The largest absolute Gasteiger partial charge is 0.477 e. The Morgan fingerprint density at radius 3 is 2.68 bits per heavy atom. The van der Waals surface area contributed by atoms with Crippen molar-refractivity contribution in [2.45, 2.75) is 6.92 Å². The van der Waals surface area contributed by atoms with Crippen LogP contribution in [0.1, 0.15) is 15.2 Å². The maximum Gasteiger partial charge on any atom is 0.346 e. The van der Waals surface area contributed by atoms with Crippen LogP contribution >= 0.6 is 11.3 Å². The summed E-state index contributed by atoms with van der Waals surface area (Å²) in [6.07, 6.45) is 0. The van der Waals surface area contributed by atoms with Crippen LogP contribution in [0.5, 0.6) is 11.5 Å². The molecule has 0 saturated heterocycles. The Labute approximate surface area is 112 Å². The Hall–Kier alpha value is -2.41. The lowest BCUT2D eigenvalue weighted by atomic mass is 10.2. The third kappa shape index (κ3) is 2.89. The molecule has 1 N–H and O–H groups in total. The van der Waals surface area contributed by atoms with Gasteiger partial charge in [0.15, 0.2) is 0 Å². The average Bonchev–Trinajstić information content (AvgIpc) is 2.80. The summed E-state index contributed by atoms with van der Waals surface area (Å²) in [5.74, 6) is -0.387. The van der Waals surface area contributed by atoms with Crippen LogP contribution in [0.3, 0.4) is 0 Å². The second kappa shape index (κ2) is 5.07. The molecule has 0 aliphatic heterocycles. The van der Waals surface area contributed by atoms with Crippen molar-refractivity contribution in [2.24, 2.45) is 0 Å². The van der Waals surface area contributed by atoms with E-state index in [1.54, 1.807) is 19.1 Å². The van der Waals surface area contributed by atoms with Gasteiger partial charge in [0.25, 0.3) is 5.69 Å². The molecule has 6 nitrogen and oxygen atoms in total. The van der Waals surface area contributed by atoms with Crippen molar-refractivity contribution in [2.75, 3.05) is 0 Å². The summed E-state index contributed by atoms with van der Waals surface area (Å²) < 4.78 is 5.40. The molecule has 0 fully saturated rings. The fraction of sp³-hybridized carbons (Fsp3) is 0.0833. The summed E-state index contributed by atoms with van der Waals surface area (Å²) in [6, 6.07) is 5.87. The van der Waals surface area contributed by atoms with Gasteiger partial charge in [-0.1, -0.05) is 0 Å². The molecule has 2 aromatic rings. The number of aryl methyl sites for hydroxylation is 1. The Morgan fingerprint density at radius 1 is 1.37 bits per heavy atom. The molecule has 0 aliphatic rings. The summed E-state index contributed by atoms with van der Waals surface area (Å²) in [5.41, 5.74) is 0.500. The molecule has 0 spiro atoms. The number of carboxylic acids is 1. The van der Waals surface area contributed by atoms with Gasteiger partial charge in [0.2, 0.25) is 0 Å². The third-order valence-corrected chi connectivity index (χ3v) is 3.30. The van der Waals surface area contributed by atoms with E-state index in [9.17, 15) is 14.9 Å². The highest BCUT2D eigenvalue weighted by Gasteiger charge is 2.13. The highest BCUT2D eigenvalue weighted by atomic mass is 32.1. The fourth-order valence-corrected chi connectivity index (χ4v) is 2.11. The van der Waals surface area contributed by atoms with Crippen LogP contribution in [0.4, 0.5) is 5.69 Å². The van der Waals surface area contributed by atoms with Crippen LogP contribution in [-0.2, 0) is 0 Å². The van der Waals surface area contributed by atoms with Gasteiger partial charge >= 0.3 is 5.97 Å². The molecule has 0 bridgehead atoms. The van der Waals surface area contributed by atoms with Crippen molar-refractivity contribution in [1.82, 2.24) is 0 Å². The minimum atomic E-state index is -1.03. The van der Waals surface area contributed by atoms with E-state index in [0.29, 0.717) is 17.1 Å². The molecule has 0 atom stereocenters. The van der Waals surface area contributed by atoms with E-state index < -0.39 is 10.9 Å². The molecule has 1 heterocycles. The second-order valence-corrected chi connectivity index (χ2v) is 4.67. The number of thiophene rings is 1. The zero-order chi connectivity index (χ0) is 14.0. The predicted molar refractivity (Wildman–Crippen MR) is 69.2 cm³/mol. The molecular formula is C12H9NO5S. The van der Waals surface area contributed by atoms with E-state index in [1.807, 2.05) is 0 Å². The van der Waals surface area contributed by atoms with Crippen molar-refractivity contribution in [3.05, 3.63) is 50.2 Å². The number of hydrogen-bond donors (Lipinski definition) is 1. The number of nitro benzene ring substituents is 1. The zero-order valence-electron chi connectivity index (χ0n) is 9.82. The van der Waals surface area contributed by atoms with Gasteiger partial charge in [-0.3, -0.25) is 10.1 Å². The molecule has 0 saturated carbocycles. The number of hydrogen-bond acceptors (Lipinski definition) is 5. The van der Waals surface area contributed by atoms with Gasteiger partial charge in [-0.2, -0.15) is 0 Å². The molecule has 7 heteroatoms. The first-order valence-electron chi connectivity index (χ1n) is 5.22. The molecule has 1 aromatic heterocycles.